The van der Waals surface area contributed by atoms with Crippen LogP contribution in [0.15, 0.2) is 18.3 Å². The van der Waals surface area contributed by atoms with E-state index in [9.17, 15) is 18.0 Å². The molecule has 162 valence electrons. The highest BCUT2D eigenvalue weighted by Crippen LogP contribution is 2.41. The third-order valence-electron chi connectivity index (χ3n) is 5.22. The van der Waals surface area contributed by atoms with E-state index >= 15 is 0 Å². The maximum atomic E-state index is 13.4. The fourth-order valence-corrected chi connectivity index (χ4v) is 4.44. The first-order valence-electron chi connectivity index (χ1n) is 9.30. The van der Waals surface area contributed by atoms with E-state index < -0.39 is 11.6 Å². The Hall–Kier alpha value is -2.27. The standard InChI is InChI=1S/C19H22F3N5OS2/c1-10-14(11-6-7-24-13(9-11)18(2,3)19(20,21)22)30-16(25-10)26-17(28)27-8-4-5-12(27)15(23)29/h6-7,9,12H,4-5,8H2,1-3H3,(H2,23,29)(H,25,26,28). The number of nitrogens with one attached hydrogen (secondary N) is 1. The average molecular weight is 458 g/mol. The highest BCUT2D eigenvalue weighted by Gasteiger charge is 2.49. The number of aromatic nitrogens is 2. The number of amides is 2. The van der Waals surface area contributed by atoms with Crippen LogP contribution in [0, 0.1) is 6.92 Å². The first kappa shape index (κ1) is 22.4. The molecule has 2 amide bonds. The van der Waals surface area contributed by atoms with Gasteiger partial charge in [0.05, 0.1) is 27.3 Å². The number of pyridine rings is 1. The van der Waals surface area contributed by atoms with Gasteiger partial charge in [0.1, 0.15) is 5.41 Å². The number of nitrogens with two attached hydrogens (primary N) is 1. The summed E-state index contributed by atoms with van der Waals surface area (Å²) in [6.07, 6.45) is -1.55. The van der Waals surface area contributed by atoms with E-state index in [1.54, 1.807) is 17.9 Å². The van der Waals surface area contributed by atoms with Crippen LogP contribution in [0.2, 0.25) is 0 Å². The minimum Gasteiger partial charge on any atom is -0.392 e. The van der Waals surface area contributed by atoms with Crippen molar-refractivity contribution in [1.82, 2.24) is 14.9 Å². The quantitative estimate of drug-likeness (QED) is 0.654. The number of halogens is 3. The number of thiocarbonyl (C=S) groups is 1. The van der Waals surface area contributed by atoms with Crippen molar-refractivity contribution in [2.75, 3.05) is 11.9 Å². The van der Waals surface area contributed by atoms with Crippen LogP contribution in [0.25, 0.3) is 10.4 Å². The molecule has 1 aliphatic heterocycles. The van der Waals surface area contributed by atoms with Gasteiger partial charge in [-0.25, -0.2) is 9.78 Å². The number of alkyl halides is 3. The van der Waals surface area contributed by atoms with Gasteiger partial charge >= 0.3 is 12.2 Å². The SMILES string of the molecule is Cc1nc(NC(=O)N2CCCC2C(N)=S)sc1-c1ccnc(C(C)(C)C(F)(F)F)c1. The van der Waals surface area contributed by atoms with E-state index in [0.717, 1.165) is 26.7 Å². The van der Waals surface area contributed by atoms with Gasteiger partial charge in [-0.15, -0.1) is 0 Å². The van der Waals surface area contributed by atoms with Crippen molar-refractivity contribution in [2.24, 2.45) is 5.73 Å². The second-order valence-corrected chi connectivity index (χ2v) is 9.14. The van der Waals surface area contributed by atoms with Gasteiger partial charge in [-0.1, -0.05) is 23.6 Å². The van der Waals surface area contributed by atoms with Crippen molar-refractivity contribution in [3.63, 3.8) is 0 Å². The van der Waals surface area contributed by atoms with Gasteiger partial charge in [0, 0.05) is 12.7 Å². The van der Waals surface area contributed by atoms with Crippen LogP contribution in [-0.2, 0) is 5.41 Å². The summed E-state index contributed by atoms with van der Waals surface area (Å²) >= 11 is 6.22. The van der Waals surface area contributed by atoms with Crippen LogP contribution in [0.4, 0.5) is 23.1 Å². The highest BCUT2D eigenvalue weighted by molar-refractivity contribution is 7.80. The van der Waals surface area contributed by atoms with E-state index in [0.29, 0.717) is 27.8 Å². The Morgan fingerprint density at radius 1 is 1.40 bits per heavy atom. The maximum Gasteiger partial charge on any atom is 0.399 e. The zero-order chi connectivity index (χ0) is 22.3. The fraction of sp³-hybridized carbons (Fsp3) is 0.474. The Morgan fingerprint density at radius 3 is 2.73 bits per heavy atom. The normalized spacial score (nSPS) is 17.3. The maximum absolute atomic E-state index is 13.4. The van der Waals surface area contributed by atoms with Gasteiger partial charge in [0.15, 0.2) is 5.13 Å². The molecule has 0 saturated carbocycles. The zero-order valence-electron chi connectivity index (χ0n) is 16.7. The van der Waals surface area contributed by atoms with Crippen molar-refractivity contribution in [3.05, 3.63) is 29.7 Å². The number of urea groups is 1. The minimum absolute atomic E-state index is 0.0812. The van der Waals surface area contributed by atoms with Gasteiger partial charge in [-0.2, -0.15) is 13.2 Å². The molecule has 0 radical (unpaired) electrons. The average Bonchev–Trinajstić information content (AvgIpc) is 3.28. The molecule has 3 rings (SSSR count). The molecule has 2 aromatic heterocycles. The molecule has 0 spiro atoms. The number of carbonyl (C=O) groups excluding carboxylic acids is 1. The summed E-state index contributed by atoms with van der Waals surface area (Å²) < 4.78 is 40.2. The van der Waals surface area contributed by atoms with Crippen LogP contribution in [0.5, 0.6) is 0 Å². The molecule has 2 aromatic rings. The summed E-state index contributed by atoms with van der Waals surface area (Å²) in [6.45, 7) is 4.48. The lowest BCUT2D eigenvalue weighted by atomic mass is 9.87. The molecular formula is C19H22F3N5OS2. The second kappa shape index (κ2) is 8.10. The number of nitrogens with zero attached hydrogens (tertiary/aromatic N) is 3. The molecule has 30 heavy (non-hydrogen) atoms. The first-order valence-corrected chi connectivity index (χ1v) is 10.5. The molecule has 0 aromatic carbocycles. The van der Waals surface area contributed by atoms with E-state index in [2.05, 4.69) is 15.3 Å². The van der Waals surface area contributed by atoms with E-state index in [1.807, 2.05) is 0 Å². The fourth-order valence-electron chi connectivity index (χ4n) is 3.25. The molecular weight excluding hydrogens is 435 g/mol. The van der Waals surface area contributed by atoms with Gasteiger partial charge < -0.3 is 10.6 Å². The monoisotopic (exact) mass is 457 g/mol. The lowest BCUT2D eigenvalue weighted by Crippen LogP contribution is -2.44. The van der Waals surface area contributed by atoms with Gasteiger partial charge in [0.25, 0.3) is 0 Å². The molecule has 0 aliphatic carbocycles. The van der Waals surface area contributed by atoms with Crippen LogP contribution in [0.3, 0.4) is 0 Å². The summed E-state index contributed by atoms with van der Waals surface area (Å²) in [5.74, 6) is 0. The molecule has 3 N–H and O–H groups in total. The number of hydrogen-bond acceptors (Lipinski definition) is 5. The predicted molar refractivity (Wildman–Crippen MR) is 115 cm³/mol. The van der Waals surface area contributed by atoms with Gasteiger partial charge in [-0.3, -0.25) is 10.3 Å². The summed E-state index contributed by atoms with van der Waals surface area (Å²) in [7, 11) is 0. The Bertz CT molecular complexity index is 973. The first-order chi connectivity index (χ1) is 13.9. The minimum atomic E-state index is -4.43. The molecule has 1 fully saturated rings. The number of rotatable bonds is 4. The Kier molecular flexibility index (Phi) is 6.06. The molecule has 6 nitrogen and oxygen atoms in total. The van der Waals surface area contributed by atoms with E-state index in [4.69, 9.17) is 18.0 Å². The van der Waals surface area contributed by atoms with Crippen molar-refractivity contribution >= 4 is 39.7 Å². The van der Waals surface area contributed by atoms with Crippen LogP contribution >= 0.6 is 23.6 Å². The van der Waals surface area contributed by atoms with Crippen molar-refractivity contribution in [3.8, 4) is 10.4 Å². The molecule has 1 unspecified atom stereocenters. The number of anilines is 1. The molecule has 3 heterocycles. The van der Waals surface area contributed by atoms with Crippen molar-refractivity contribution in [2.45, 2.75) is 51.2 Å². The van der Waals surface area contributed by atoms with Crippen LogP contribution in [-0.4, -0.2) is 44.7 Å². The second-order valence-electron chi connectivity index (χ2n) is 7.67. The van der Waals surface area contributed by atoms with Crippen molar-refractivity contribution < 1.29 is 18.0 Å². The molecule has 0 bridgehead atoms. The number of likely N-dealkylation sites (tertiary alicyclic amines) is 1. The summed E-state index contributed by atoms with van der Waals surface area (Å²) in [5, 5.41) is 3.11. The summed E-state index contributed by atoms with van der Waals surface area (Å²) in [5.41, 5.74) is 4.71. The number of aryl methyl sites for hydroxylation is 1. The molecule has 1 atom stereocenters. The predicted octanol–water partition coefficient (Wildman–Crippen LogP) is 4.64. The smallest absolute Gasteiger partial charge is 0.392 e. The Morgan fingerprint density at radius 2 is 2.10 bits per heavy atom. The Balaban J connectivity index is 1.84. The largest absolute Gasteiger partial charge is 0.399 e. The highest BCUT2D eigenvalue weighted by atomic mass is 32.1. The molecule has 11 heteroatoms. The topological polar surface area (TPSA) is 84.1 Å². The number of thiazole rings is 1. The van der Waals surface area contributed by atoms with Crippen LogP contribution in [0.1, 0.15) is 38.1 Å². The van der Waals surface area contributed by atoms with Gasteiger partial charge in [-0.05, 0) is 51.3 Å². The van der Waals surface area contributed by atoms with E-state index in [-0.39, 0.29) is 22.8 Å². The number of hydrogen-bond donors (Lipinski definition) is 2. The lowest BCUT2D eigenvalue weighted by molar-refractivity contribution is -0.181. The third kappa shape index (κ3) is 4.27. The number of carbonyl (C=O) groups is 1. The molecule has 1 aliphatic rings. The zero-order valence-corrected chi connectivity index (χ0v) is 18.3. The van der Waals surface area contributed by atoms with Gasteiger partial charge in [0.2, 0.25) is 0 Å². The lowest BCUT2D eigenvalue weighted by Gasteiger charge is -2.27. The molecule has 1 saturated heterocycles. The third-order valence-corrected chi connectivity index (χ3v) is 6.62. The van der Waals surface area contributed by atoms with E-state index in [1.165, 1.54) is 23.6 Å². The van der Waals surface area contributed by atoms with Crippen LogP contribution < -0.4 is 11.1 Å². The summed E-state index contributed by atoms with van der Waals surface area (Å²) in [6, 6.07) is 2.42. The van der Waals surface area contributed by atoms with Crippen molar-refractivity contribution in [1.29, 1.82) is 0 Å². The Labute approximate surface area is 181 Å². The summed E-state index contributed by atoms with van der Waals surface area (Å²) in [4.78, 5) is 23.4.